The van der Waals surface area contributed by atoms with Gasteiger partial charge in [0.1, 0.15) is 5.60 Å². The zero-order chi connectivity index (χ0) is 17.3. The third-order valence-corrected chi connectivity index (χ3v) is 8.70. The lowest BCUT2D eigenvalue weighted by atomic mass is 9.46. The van der Waals surface area contributed by atoms with Crippen molar-refractivity contribution in [3.8, 4) is 0 Å². The van der Waals surface area contributed by atoms with E-state index in [1.807, 2.05) is 6.08 Å². The third kappa shape index (κ3) is 1.88. The van der Waals surface area contributed by atoms with E-state index < -0.39 is 5.60 Å². The van der Waals surface area contributed by atoms with Crippen LogP contribution in [0.3, 0.4) is 0 Å². The van der Waals surface area contributed by atoms with E-state index in [2.05, 4.69) is 13.8 Å². The molecule has 0 spiro atoms. The number of hydrogen-bond donors (Lipinski definition) is 1. The van der Waals surface area contributed by atoms with Gasteiger partial charge in [-0.1, -0.05) is 19.4 Å². The molecule has 4 aliphatic rings. The highest BCUT2D eigenvalue weighted by Crippen LogP contribution is 2.67. The first-order valence-corrected chi connectivity index (χ1v) is 9.70. The van der Waals surface area contributed by atoms with Gasteiger partial charge in [-0.25, -0.2) is 0 Å². The minimum Gasteiger partial charge on any atom is -0.382 e. The van der Waals surface area contributed by atoms with Crippen LogP contribution < -0.4 is 0 Å². The molecule has 0 radical (unpaired) electrons. The molecule has 132 valence electrons. The normalized spacial score (nSPS) is 50.6. The number of carbonyl (C=O) groups excluding carboxylic acids is 2. The Hall–Kier alpha value is -0.960. The largest absolute Gasteiger partial charge is 0.382 e. The van der Waals surface area contributed by atoms with Gasteiger partial charge in [0, 0.05) is 11.8 Å². The molecule has 0 saturated heterocycles. The summed E-state index contributed by atoms with van der Waals surface area (Å²) in [5.74, 6) is 1.90. The first-order valence-electron chi connectivity index (χ1n) is 9.70. The number of Topliss-reactive ketones (excluding diaryl/α,β-unsaturated/α-hetero) is 1. The molecule has 4 rings (SSSR count). The minimum atomic E-state index is -1.12. The van der Waals surface area contributed by atoms with Crippen molar-refractivity contribution in [3.63, 3.8) is 0 Å². The summed E-state index contributed by atoms with van der Waals surface area (Å²) in [6.07, 6.45) is 9.37. The summed E-state index contributed by atoms with van der Waals surface area (Å²) in [5, 5.41) is 11.1. The molecule has 0 heterocycles. The molecule has 3 fully saturated rings. The summed E-state index contributed by atoms with van der Waals surface area (Å²) in [6, 6.07) is 0. The van der Waals surface area contributed by atoms with Crippen LogP contribution in [0, 0.1) is 28.6 Å². The van der Waals surface area contributed by atoms with Crippen LogP contribution in [0.5, 0.6) is 0 Å². The molecule has 1 unspecified atom stereocenters. The SMILES string of the molecule is CC(=O)[C@@]1(O)CCC2[C@@H]3CCC4=CC(=O)CC[C@]4(C)[C@H]3CC[C@@]21C. The van der Waals surface area contributed by atoms with Crippen molar-refractivity contribution in [2.45, 2.75) is 77.7 Å². The molecular weight excluding hydrogens is 300 g/mol. The maximum atomic E-state index is 12.2. The molecule has 3 heteroatoms. The summed E-state index contributed by atoms with van der Waals surface area (Å²) in [4.78, 5) is 24.1. The smallest absolute Gasteiger partial charge is 0.161 e. The average Bonchev–Trinajstić information content (AvgIpc) is 2.81. The monoisotopic (exact) mass is 330 g/mol. The number of aliphatic hydroxyl groups is 1. The first-order chi connectivity index (χ1) is 11.2. The van der Waals surface area contributed by atoms with E-state index in [1.165, 1.54) is 5.57 Å². The fourth-order valence-electron chi connectivity index (χ4n) is 7.15. The van der Waals surface area contributed by atoms with Crippen molar-refractivity contribution >= 4 is 11.6 Å². The van der Waals surface area contributed by atoms with Crippen molar-refractivity contribution in [3.05, 3.63) is 11.6 Å². The fraction of sp³-hybridized carbons (Fsp3) is 0.810. The zero-order valence-corrected chi connectivity index (χ0v) is 15.2. The number of rotatable bonds is 1. The van der Waals surface area contributed by atoms with Gasteiger partial charge in [-0.15, -0.1) is 0 Å². The second-order valence-corrected chi connectivity index (χ2v) is 9.38. The van der Waals surface area contributed by atoms with Crippen molar-refractivity contribution in [2.24, 2.45) is 28.6 Å². The quantitative estimate of drug-likeness (QED) is 0.795. The third-order valence-electron chi connectivity index (χ3n) is 8.70. The van der Waals surface area contributed by atoms with Crippen LogP contribution in [0.2, 0.25) is 0 Å². The van der Waals surface area contributed by atoms with Crippen LogP contribution in [0.25, 0.3) is 0 Å². The summed E-state index contributed by atoms with van der Waals surface area (Å²) < 4.78 is 0. The van der Waals surface area contributed by atoms with Gasteiger partial charge >= 0.3 is 0 Å². The molecule has 0 amide bonds. The van der Waals surface area contributed by atoms with Gasteiger partial charge in [-0.2, -0.15) is 0 Å². The molecular formula is C21H30O3. The second kappa shape index (κ2) is 5.03. The summed E-state index contributed by atoms with van der Waals surface area (Å²) in [5.41, 5.74) is 0.155. The Morgan fingerprint density at radius 1 is 1.08 bits per heavy atom. The first kappa shape index (κ1) is 16.5. The molecule has 3 nitrogen and oxygen atoms in total. The van der Waals surface area contributed by atoms with Gasteiger partial charge in [-0.3, -0.25) is 9.59 Å². The average molecular weight is 330 g/mol. The molecule has 0 bridgehead atoms. The number of ketones is 2. The number of hydrogen-bond acceptors (Lipinski definition) is 3. The summed E-state index contributed by atoms with van der Waals surface area (Å²) >= 11 is 0. The minimum absolute atomic E-state index is 0.0446. The van der Waals surface area contributed by atoms with E-state index in [4.69, 9.17) is 0 Å². The van der Waals surface area contributed by atoms with Crippen molar-refractivity contribution in [1.82, 2.24) is 0 Å². The molecule has 0 aromatic heterocycles. The Labute approximate surface area is 144 Å². The van der Waals surface area contributed by atoms with Crippen LogP contribution in [0.1, 0.15) is 72.1 Å². The lowest BCUT2D eigenvalue weighted by Crippen LogP contribution is -2.57. The van der Waals surface area contributed by atoms with Crippen molar-refractivity contribution in [1.29, 1.82) is 0 Å². The number of fused-ring (bicyclic) bond motifs is 5. The van der Waals surface area contributed by atoms with E-state index in [0.717, 1.165) is 38.5 Å². The Balaban J connectivity index is 1.70. The lowest BCUT2D eigenvalue weighted by molar-refractivity contribution is -0.160. The predicted octanol–water partition coefficient (Wildman–Crippen LogP) is 3.84. The molecule has 0 aromatic carbocycles. The number of carbonyl (C=O) groups is 2. The molecule has 24 heavy (non-hydrogen) atoms. The van der Waals surface area contributed by atoms with E-state index in [0.29, 0.717) is 36.4 Å². The van der Waals surface area contributed by atoms with Crippen molar-refractivity contribution < 1.29 is 14.7 Å². The Bertz CT molecular complexity index is 635. The van der Waals surface area contributed by atoms with E-state index >= 15 is 0 Å². The van der Waals surface area contributed by atoms with Crippen LogP contribution >= 0.6 is 0 Å². The van der Waals surface area contributed by atoms with Gasteiger partial charge < -0.3 is 5.11 Å². The van der Waals surface area contributed by atoms with Crippen LogP contribution in [-0.2, 0) is 9.59 Å². The molecule has 0 aromatic rings. The highest BCUT2D eigenvalue weighted by atomic mass is 16.3. The lowest BCUT2D eigenvalue weighted by Gasteiger charge is -2.58. The molecule has 6 atom stereocenters. The highest BCUT2D eigenvalue weighted by Gasteiger charge is 2.65. The van der Waals surface area contributed by atoms with Crippen LogP contribution in [-0.4, -0.2) is 22.3 Å². The Morgan fingerprint density at radius 2 is 1.79 bits per heavy atom. The zero-order valence-electron chi connectivity index (χ0n) is 15.2. The topological polar surface area (TPSA) is 54.4 Å². The van der Waals surface area contributed by atoms with Gasteiger partial charge in [0.15, 0.2) is 11.6 Å². The Kier molecular flexibility index (Phi) is 3.46. The molecule has 1 N–H and O–H groups in total. The van der Waals surface area contributed by atoms with Gasteiger partial charge in [0.25, 0.3) is 0 Å². The maximum Gasteiger partial charge on any atom is 0.161 e. The van der Waals surface area contributed by atoms with Crippen molar-refractivity contribution in [2.75, 3.05) is 0 Å². The Morgan fingerprint density at radius 3 is 2.50 bits per heavy atom. The summed E-state index contributed by atoms with van der Waals surface area (Å²) in [6.45, 7) is 6.10. The highest BCUT2D eigenvalue weighted by molar-refractivity contribution is 5.91. The van der Waals surface area contributed by atoms with Crippen LogP contribution in [0.15, 0.2) is 11.6 Å². The van der Waals surface area contributed by atoms with Gasteiger partial charge in [0.05, 0.1) is 0 Å². The van der Waals surface area contributed by atoms with E-state index in [9.17, 15) is 14.7 Å². The predicted molar refractivity (Wildman–Crippen MR) is 92.3 cm³/mol. The second-order valence-electron chi connectivity index (χ2n) is 9.38. The molecule has 3 saturated carbocycles. The number of allylic oxidation sites excluding steroid dienone is 1. The van der Waals surface area contributed by atoms with Gasteiger partial charge in [-0.05, 0) is 81.1 Å². The summed E-state index contributed by atoms with van der Waals surface area (Å²) in [7, 11) is 0. The van der Waals surface area contributed by atoms with E-state index in [-0.39, 0.29) is 16.6 Å². The standard InChI is InChI=1S/C21H30O3/c1-13(22)21(24)11-8-18-16-5-4-14-12-15(23)6-9-19(14,2)17(16)7-10-20(18,21)3/h12,16-18,24H,4-11H2,1-3H3/t16-,17+,18?,19+,20+,21+/m1/s1. The van der Waals surface area contributed by atoms with Crippen LogP contribution in [0.4, 0.5) is 0 Å². The van der Waals surface area contributed by atoms with Gasteiger partial charge in [0.2, 0.25) is 0 Å². The molecule has 0 aliphatic heterocycles. The maximum absolute atomic E-state index is 12.2. The molecule has 4 aliphatic carbocycles. The fourth-order valence-corrected chi connectivity index (χ4v) is 7.15. The van der Waals surface area contributed by atoms with E-state index in [1.54, 1.807) is 6.92 Å².